The molecule has 0 spiro atoms. The lowest BCUT2D eigenvalue weighted by Gasteiger charge is -2.01. The number of aryl methyl sites for hydroxylation is 1. The van der Waals surface area contributed by atoms with Gasteiger partial charge >= 0.3 is 0 Å². The number of allylic oxidation sites excluding steroid dienone is 3. The highest BCUT2D eigenvalue weighted by Crippen LogP contribution is 2.19. The molecule has 0 fully saturated rings. The van der Waals surface area contributed by atoms with E-state index in [1.807, 2.05) is 0 Å². The number of aliphatic hydroxyl groups excluding tert-OH is 2. The number of benzene rings is 2. The summed E-state index contributed by atoms with van der Waals surface area (Å²) in [5.41, 5.74) is 2.50. The predicted octanol–water partition coefficient (Wildman–Crippen LogP) is 3.64. The van der Waals surface area contributed by atoms with Crippen LogP contribution in [0.25, 0.3) is 12.2 Å². The maximum Gasteiger partial charge on any atom is 0.182 e. The fraction of sp³-hybridized carbons (Fsp3) is 0.0952. The van der Waals surface area contributed by atoms with Crippen LogP contribution in [0.15, 0.2) is 60.4 Å². The fourth-order valence-corrected chi connectivity index (χ4v) is 2.22. The van der Waals surface area contributed by atoms with E-state index >= 15 is 0 Å². The molecule has 0 unspecified atom stereocenters. The number of aromatic hydroxyl groups is 2. The Kier molecular flexibility index (Phi) is 6.36. The number of phenolic OH excluding ortho intramolecular Hbond substituents is 1. The lowest BCUT2D eigenvalue weighted by Crippen LogP contribution is -1.89. The van der Waals surface area contributed by atoms with Crippen LogP contribution in [-0.2, 0) is 11.4 Å². The van der Waals surface area contributed by atoms with Crippen molar-refractivity contribution in [2.24, 2.45) is 0 Å². The van der Waals surface area contributed by atoms with E-state index in [0.29, 0.717) is 16.7 Å². The smallest absolute Gasteiger partial charge is 0.182 e. The van der Waals surface area contributed by atoms with Crippen molar-refractivity contribution < 1.29 is 25.2 Å². The van der Waals surface area contributed by atoms with Crippen LogP contribution in [0, 0.1) is 6.92 Å². The minimum atomic E-state index is -0.410. The normalized spacial score (nSPS) is 12.2. The monoisotopic (exact) mass is 352 g/mol. The van der Waals surface area contributed by atoms with Gasteiger partial charge in [0.1, 0.15) is 17.3 Å². The number of hydrogen-bond donors (Lipinski definition) is 4. The van der Waals surface area contributed by atoms with Gasteiger partial charge in [0.05, 0.1) is 6.61 Å². The van der Waals surface area contributed by atoms with Gasteiger partial charge in [-0.05, 0) is 60.0 Å². The number of rotatable bonds is 6. The van der Waals surface area contributed by atoms with Crippen LogP contribution < -0.4 is 0 Å². The van der Waals surface area contributed by atoms with Crippen molar-refractivity contribution in [3.05, 3.63) is 82.6 Å². The second-order valence-corrected chi connectivity index (χ2v) is 5.73. The van der Waals surface area contributed by atoms with Crippen molar-refractivity contribution in [1.82, 2.24) is 0 Å². The third-order valence-corrected chi connectivity index (χ3v) is 3.67. The Labute approximate surface area is 151 Å². The molecule has 5 heteroatoms. The highest BCUT2D eigenvalue weighted by Gasteiger charge is 2.01. The van der Waals surface area contributed by atoms with Gasteiger partial charge in [-0.3, -0.25) is 4.79 Å². The summed E-state index contributed by atoms with van der Waals surface area (Å²) in [5, 5.41) is 37.9. The van der Waals surface area contributed by atoms with Gasteiger partial charge in [0.2, 0.25) is 0 Å². The number of aliphatic hydroxyl groups is 2. The van der Waals surface area contributed by atoms with Crippen LogP contribution in [0.1, 0.15) is 22.3 Å². The Hall–Kier alpha value is -3.31. The molecule has 134 valence electrons. The average molecular weight is 352 g/mol. The molecule has 2 aromatic rings. The van der Waals surface area contributed by atoms with Gasteiger partial charge < -0.3 is 20.4 Å². The summed E-state index contributed by atoms with van der Waals surface area (Å²) in [6.45, 7) is 1.46. The highest BCUT2D eigenvalue weighted by atomic mass is 16.3. The summed E-state index contributed by atoms with van der Waals surface area (Å²) in [4.78, 5) is 11.9. The minimum absolute atomic E-state index is 0.0110. The number of ketones is 1. The molecule has 0 bridgehead atoms. The van der Waals surface area contributed by atoms with Crippen LogP contribution in [0.4, 0.5) is 0 Å². The van der Waals surface area contributed by atoms with Crippen molar-refractivity contribution in [3.63, 3.8) is 0 Å². The third kappa shape index (κ3) is 5.36. The van der Waals surface area contributed by atoms with Crippen molar-refractivity contribution >= 4 is 17.9 Å². The van der Waals surface area contributed by atoms with E-state index in [1.54, 1.807) is 43.3 Å². The van der Waals surface area contributed by atoms with Crippen LogP contribution in [0.3, 0.4) is 0 Å². The number of hydrogen-bond acceptors (Lipinski definition) is 5. The molecule has 0 heterocycles. The van der Waals surface area contributed by atoms with E-state index in [9.17, 15) is 20.1 Å². The van der Waals surface area contributed by atoms with Gasteiger partial charge in [-0.1, -0.05) is 24.3 Å². The SMILES string of the molecule is Cc1cc(/C=C/C(O)=C/C(=O)/C=C/c2ccc(O)c(CO)c2)ccc1O. The molecule has 0 radical (unpaired) electrons. The molecule has 0 amide bonds. The Morgan fingerprint density at radius 2 is 1.58 bits per heavy atom. The quantitative estimate of drug-likeness (QED) is 0.361. The summed E-state index contributed by atoms with van der Waals surface area (Å²) in [6.07, 6.45) is 6.90. The molecule has 0 aliphatic heterocycles. The van der Waals surface area contributed by atoms with Crippen LogP contribution in [-0.4, -0.2) is 26.2 Å². The summed E-state index contributed by atoms with van der Waals surface area (Å²) >= 11 is 0. The zero-order valence-corrected chi connectivity index (χ0v) is 14.3. The summed E-state index contributed by atoms with van der Waals surface area (Å²) < 4.78 is 0. The first-order chi connectivity index (χ1) is 12.4. The van der Waals surface area contributed by atoms with Crippen molar-refractivity contribution in [2.45, 2.75) is 13.5 Å². The second-order valence-electron chi connectivity index (χ2n) is 5.73. The van der Waals surface area contributed by atoms with Gasteiger partial charge in [-0.2, -0.15) is 0 Å². The Morgan fingerprint density at radius 3 is 2.23 bits per heavy atom. The molecular formula is C21H20O5. The Balaban J connectivity index is 2.04. The zero-order chi connectivity index (χ0) is 19.1. The second kappa shape index (κ2) is 8.69. The van der Waals surface area contributed by atoms with Gasteiger partial charge in [0, 0.05) is 11.6 Å². The van der Waals surface area contributed by atoms with Gasteiger partial charge in [0.15, 0.2) is 5.78 Å². The summed E-state index contributed by atoms with van der Waals surface area (Å²) in [5.74, 6) is -0.427. The van der Waals surface area contributed by atoms with E-state index in [4.69, 9.17) is 5.11 Å². The maximum absolute atomic E-state index is 11.9. The van der Waals surface area contributed by atoms with E-state index in [-0.39, 0.29) is 23.9 Å². The van der Waals surface area contributed by atoms with Crippen molar-refractivity contribution in [2.75, 3.05) is 0 Å². The first kappa shape index (κ1) is 19.0. The first-order valence-electron chi connectivity index (χ1n) is 7.92. The molecule has 0 aliphatic carbocycles. The zero-order valence-electron chi connectivity index (χ0n) is 14.3. The van der Waals surface area contributed by atoms with E-state index in [0.717, 1.165) is 11.6 Å². The molecule has 0 saturated carbocycles. The highest BCUT2D eigenvalue weighted by molar-refractivity contribution is 6.02. The molecule has 0 atom stereocenters. The minimum Gasteiger partial charge on any atom is -0.508 e. The summed E-state index contributed by atoms with van der Waals surface area (Å²) in [7, 11) is 0. The van der Waals surface area contributed by atoms with E-state index in [1.165, 1.54) is 24.3 Å². The third-order valence-electron chi connectivity index (χ3n) is 3.67. The van der Waals surface area contributed by atoms with Crippen LogP contribution in [0.5, 0.6) is 11.5 Å². The lowest BCUT2D eigenvalue weighted by molar-refractivity contribution is -0.110. The molecular weight excluding hydrogens is 332 g/mol. The standard InChI is InChI=1S/C21H20O5/c1-14-10-15(4-8-20(14)25)2-6-18(23)12-19(24)7-3-16-5-9-21(26)17(11-16)13-22/h2-12,22-23,25-26H,13H2,1H3/b6-2+,7-3+,18-12-. The largest absolute Gasteiger partial charge is 0.508 e. The average Bonchev–Trinajstić information content (AvgIpc) is 2.62. The molecule has 0 aromatic heterocycles. The van der Waals surface area contributed by atoms with E-state index in [2.05, 4.69) is 0 Å². The van der Waals surface area contributed by atoms with Crippen LogP contribution >= 0.6 is 0 Å². The topological polar surface area (TPSA) is 98.0 Å². The number of carbonyl (C=O) groups excluding carboxylic acids is 1. The van der Waals surface area contributed by atoms with Gasteiger partial charge in [0.25, 0.3) is 0 Å². The van der Waals surface area contributed by atoms with Gasteiger partial charge in [-0.25, -0.2) is 0 Å². The summed E-state index contributed by atoms with van der Waals surface area (Å²) in [6, 6.07) is 9.61. The predicted molar refractivity (Wildman–Crippen MR) is 101 cm³/mol. The molecule has 5 nitrogen and oxygen atoms in total. The van der Waals surface area contributed by atoms with Crippen molar-refractivity contribution in [1.29, 1.82) is 0 Å². The Morgan fingerprint density at radius 1 is 0.962 bits per heavy atom. The molecule has 26 heavy (non-hydrogen) atoms. The lowest BCUT2D eigenvalue weighted by atomic mass is 10.1. The molecule has 4 N–H and O–H groups in total. The number of phenols is 2. The molecule has 0 saturated heterocycles. The number of carbonyl (C=O) groups is 1. The first-order valence-corrected chi connectivity index (χ1v) is 7.92. The maximum atomic E-state index is 11.9. The van der Waals surface area contributed by atoms with Crippen LogP contribution in [0.2, 0.25) is 0 Å². The fourth-order valence-electron chi connectivity index (χ4n) is 2.22. The Bertz CT molecular complexity index is 891. The van der Waals surface area contributed by atoms with Crippen molar-refractivity contribution in [3.8, 4) is 11.5 Å². The van der Waals surface area contributed by atoms with E-state index < -0.39 is 5.78 Å². The molecule has 0 aliphatic rings. The van der Waals surface area contributed by atoms with Gasteiger partial charge in [-0.15, -0.1) is 0 Å². The molecule has 2 rings (SSSR count). The molecule has 2 aromatic carbocycles.